The van der Waals surface area contributed by atoms with Gasteiger partial charge in [0.2, 0.25) is 11.8 Å². The van der Waals surface area contributed by atoms with Crippen molar-refractivity contribution in [3.05, 3.63) is 24.3 Å². The Bertz CT molecular complexity index is 460. The van der Waals surface area contributed by atoms with Gasteiger partial charge in [0, 0.05) is 37.3 Å². The standard InChI is InChI=1S/C15H23N3O2/c1-4-11(2)16-9-8-15(20)18-14-7-5-6-13(10-14)17-12(3)19/h5-7,10-11,16H,4,8-9H2,1-3H3,(H,17,19)(H,18,20). The van der Waals surface area contributed by atoms with Crippen LogP contribution in [-0.2, 0) is 9.59 Å². The molecule has 0 fully saturated rings. The summed E-state index contributed by atoms with van der Waals surface area (Å²) < 4.78 is 0. The monoisotopic (exact) mass is 277 g/mol. The van der Waals surface area contributed by atoms with Gasteiger partial charge in [-0.3, -0.25) is 9.59 Å². The largest absolute Gasteiger partial charge is 0.326 e. The van der Waals surface area contributed by atoms with Gasteiger partial charge < -0.3 is 16.0 Å². The molecule has 2 amide bonds. The summed E-state index contributed by atoms with van der Waals surface area (Å²) in [6.07, 6.45) is 1.47. The number of nitrogens with one attached hydrogen (secondary N) is 3. The first kappa shape index (κ1) is 16.2. The molecule has 20 heavy (non-hydrogen) atoms. The third-order valence-corrected chi connectivity index (χ3v) is 2.92. The number of carbonyl (C=O) groups excluding carboxylic acids is 2. The number of amides is 2. The predicted molar refractivity (Wildman–Crippen MR) is 81.7 cm³/mol. The molecule has 1 aromatic carbocycles. The minimum atomic E-state index is -0.133. The lowest BCUT2D eigenvalue weighted by Gasteiger charge is -2.11. The van der Waals surface area contributed by atoms with E-state index in [1.54, 1.807) is 24.3 Å². The van der Waals surface area contributed by atoms with Crippen LogP contribution in [0.15, 0.2) is 24.3 Å². The van der Waals surface area contributed by atoms with Gasteiger partial charge in [0.05, 0.1) is 0 Å². The second-order valence-electron chi connectivity index (χ2n) is 4.82. The van der Waals surface area contributed by atoms with Crippen molar-refractivity contribution in [1.29, 1.82) is 0 Å². The van der Waals surface area contributed by atoms with Gasteiger partial charge in [-0.2, -0.15) is 0 Å². The maximum atomic E-state index is 11.8. The van der Waals surface area contributed by atoms with Gasteiger partial charge in [0.25, 0.3) is 0 Å². The molecule has 5 heteroatoms. The molecular formula is C15H23N3O2. The maximum Gasteiger partial charge on any atom is 0.225 e. The summed E-state index contributed by atoms with van der Waals surface area (Å²) in [5.74, 6) is -0.174. The zero-order chi connectivity index (χ0) is 15.0. The fourth-order valence-electron chi connectivity index (χ4n) is 1.68. The van der Waals surface area contributed by atoms with Crippen molar-refractivity contribution in [2.75, 3.05) is 17.2 Å². The van der Waals surface area contributed by atoms with Gasteiger partial charge in [-0.15, -0.1) is 0 Å². The lowest BCUT2D eigenvalue weighted by Crippen LogP contribution is -2.28. The van der Waals surface area contributed by atoms with Crippen LogP contribution in [0.2, 0.25) is 0 Å². The summed E-state index contributed by atoms with van der Waals surface area (Å²) in [6, 6.07) is 7.53. The molecule has 0 radical (unpaired) electrons. The van der Waals surface area contributed by atoms with E-state index in [4.69, 9.17) is 0 Å². The Morgan fingerprint density at radius 1 is 1.20 bits per heavy atom. The van der Waals surface area contributed by atoms with Crippen LogP contribution in [0.25, 0.3) is 0 Å². The molecule has 0 aromatic heterocycles. The Hall–Kier alpha value is -1.88. The van der Waals surface area contributed by atoms with E-state index in [1.165, 1.54) is 6.92 Å². The molecule has 0 spiro atoms. The molecule has 110 valence electrons. The third kappa shape index (κ3) is 6.33. The van der Waals surface area contributed by atoms with Crippen LogP contribution >= 0.6 is 0 Å². The number of carbonyl (C=O) groups is 2. The molecule has 0 saturated carbocycles. The SMILES string of the molecule is CCC(C)NCCC(=O)Nc1cccc(NC(C)=O)c1. The van der Waals surface area contributed by atoms with E-state index >= 15 is 0 Å². The van der Waals surface area contributed by atoms with Crippen LogP contribution in [-0.4, -0.2) is 24.4 Å². The van der Waals surface area contributed by atoms with Gasteiger partial charge >= 0.3 is 0 Å². The van der Waals surface area contributed by atoms with E-state index in [9.17, 15) is 9.59 Å². The van der Waals surface area contributed by atoms with Crippen LogP contribution in [0.3, 0.4) is 0 Å². The van der Waals surface area contributed by atoms with Crippen LogP contribution in [0.4, 0.5) is 11.4 Å². The molecule has 1 atom stereocenters. The first-order valence-electron chi connectivity index (χ1n) is 6.92. The minimum absolute atomic E-state index is 0.0409. The van der Waals surface area contributed by atoms with E-state index < -0.39 is 0 Å². The zero-order valence-electron chi connectivity index (χ0n) is 12.3. The summed E-state index contributed by atoms with van der Waals surface area (Å²) in [6.45, 7) is 6.30. The Balaban J connectivity index is 2.43. The molecule has 1 rings (SSSR count). The van der Waals surface area contributed by atoms with Gasteiger partial charge in [-0.25, -0.2) is 0 Å². The quantitative estimate of drug-likeness (QED) is 0.716. The van der Waals surface area contributed by atoms with Crippen LogP contribution in [0.5, 0.6) is 0 Å². The minimum Gasteiger partial charge on any atom is -0.326 e. The average Bonchev–Trinajstić information content (AvgIpc) is 2.38. The number of rotatable bonds is 7. The van der Waals surface area contributed by atoms with Gasteiger partial charge in [-0.1, -0.05) is 13.0 Å². The fourth-order valence-corrected chi connectivity index (χ4v) is 1.68. The van der Waals surface area contributed by atoms with Crippen LogP contribution in [0, 0.1) is 0 Å². The van der Waals surface area contributed by atoms with Crippen molar-refractivity contribution in [2.45, 2.75) is 39.7 Å². The summed E-state index contributed by atoms with van der Waals surface area (Å²) in [7, 11) is 0. The molecule has 0 aliphatic rings. The number of hydrogen-bond donors (Lipinski definition) is 3. The molecule has 1 aromatic rings. The number of benzene rings is 1. The molecule has 0 aliphatic heterocycles. The summed E-state index contributed by atoms with van der Waals surface area (Å²) in [5.41, 5.74) is 1.36. The Morgan fingerprint density at radius 3 is 2.45 bits per heavy atom. The highest BCUT2D eigenvalue weighted by Crippen LogP contribution is 2.15. The number of hydrogen-bond acceptors (Lipinski definition) is 3. The van der Waals surface area contributed by atoms with E-state index in [-0.39, 0.29) is 11.8 Å². The molecular weight excluding hydrogens is 254 g/mol. The van der Waals surface area contributed by atoms with Gasteiger partial charge in [0.1, 0.15) is 0 Å². The summed E-state index contributed by atoms with van der Waals surface area (Å²) in [5, 5.41) is 8.77. The predicted octanol–water partition coefficient (Wildman–Crippen LogP) is 2.36. The normalized spacial score (nSPS) is 11.8. The highest BCUT2D eigenvalue weighted by Gasteiger charge is 2.04. The van der Waals surface area contributed by atoms with Crippen molar-refractivity contribution in [1.82, 2.24) is 5.32 Å². The highest BCUT2D eigenvalue weighted by atomic mass is 16.2. The lowest BCUT2D eigenvalue weighted by atomic mass is 10.2. The summed E-state index contributed by atoms with van der Waals surface area (Å²) >= 11 is 0. The van der Waals surface area contributed by atoms with E-state index in [0.29, 0.717) is 30.4 Å². The summed E-state index contributed by atoms with van der Waals surface area (Å²) in [4.78, 5) is 22.8. The second kappa shape index (κ2) is 8.32. The molecule has 1 unspecified atom stereocenters. The topological polar surface area (TPSA) is 70.2 Å². The first-order valence-corrected chi connectivity index (χ1v) is 6.92. The fraction of sp³-hybridized carbons (Fsp3) is 0.467. The Labute approximate surface area is 120 Å². The van der Waals surface area contributed by atoms with E-state index in [2.05, 4.69) is 29.8 Å². The van der Waals surface area contributed by atoms with Gasteiger partial charge in [0.15, 0.2) is 0 Å². The molecule has 3 N–H and O–H groups in total. The second-order valence-corrected chi connectivity index (χ2v) is 4.82. The van der Waals surface area contributed by atoms with Crippen LogP contribution in [0.1, 0.15) is 33.6 Å². The van der Waals surface area contributed by atoms with E-state index in [0.717, 1.165) is 6.42 Å². The average molecular weight is 277 g/mol. The van der Waals surface area contributed by atoms with E-state index in [1.807, 2.05) is 0 Å². The Morgan fingerprint density at radius 2 is 1.85 bits per heavy atom. The first-order chi connectivity index (χ1) is 9.51. The highest BCUT2D eigenvalue weighted by molar-refractivity contribution is 5.93. The third-order valence-electron chi connectivity index (χ3n) is 2.92. The zero-order valence-corrected chi connectivity index (χ0v) is 12.3. The van der Waals surface area contributed by atoms with Crippen molar-refractivity contribution in [3.8, 4) is 0 Å². The molecule has 0 heterocycles. The smallest absolute Gasteiger partial charge is 0.225 e. The van der Waals surface area contributed by atoms with Crippen molar-refractivity contribution >= 4 is 23.2 Å². The van der Waals surface area contributed by atoms with Crippen molar-refractivity contribution in [2.24, 2.45) is 0 Å². The van der Waals surface area contributed by atoms with Crippen molar-refractivity contribution in [3.63, 3.8) is 0 Å². The number of anilines is 2. The molecule has 0 saturated heterocycles. The van der Waals surface area contributed by atoms with Crippen LogP contribution < -0.4 is 16.0 Å². The molecule has 0 aliphatic carbocycles. The van der Waals surface area contributed by atoms with Gasteiger partial charge in [-0.05, 0) is 31.5 Å². The Kier molecular flexibility index (Phi) is 6.73. The lowest BCUT2D eigenvalue weighted by molar-refractivity contribution is -0.116. The van der Waals surface area contributed by atoms with Crippen molar-refractivity contribution < 1.29 is 9.59 Å². The molecule has 0 bridgehead atoms. The maximum absolute atomic E-state index is 11.8. The molecule has 5 nitrogen and oxygen atoms in total.